The number of aliphatic imine (C=N–C) groups is 1. The van der Waals surface area contributed by atoms with Crippen LogP contribution in [0.2, 0.25) is 0 Å². The molecule has 0 saturated carbocycles. The van der Waals surface area contributed by atoms with Gasteiger partial charge in [-0.05, 0) is 30.2 Å². The minimum atomic E-state index is -4.74. The van der Waals surface area contributed by atoms with Crippen LogP contribution in [0.5, 0.6) is 17.2 Å². The number of nitrogens with one attached hydrogen (secondary N) is 1. The summed E-state index contributed by atoms with van der Waals surface area (Å²) >= 11 is 0. The minimum absolute atomic E-state index is 0. The Kier molecular flexibility index (Phi) is 9.16. The van der Waals surface area contributed by atoms with Gasteiger partial charge in [0.15, 0.2) is 17.5 Å². The van der Waals surface area contributed by atoms with Gasteiger partial charge in [-0.3, -0.25) is 4.99 Å². The first-order chi connectivity index (χ1) is 12.8. The van der Waals surface area contributed by atoms with Crippen molar-refractivity contribution < 1.29 is 27.4 Å². The Labute approximate surface area is 177 Å². The summed E-state index contributed by atoms with van der Waals surface area (Å²) in [4.78, 5) is 4.12. The number of guanidine groups is 1. The van der Waals surface area contributed by atoms with Gasteiger partial charge in [-0.25, -0.2) is 0 Å². The highest BCUT2D eigenvalue weighted by molar-refractivity contribution is 14.0. The number of methoxy groups -OCH3 is 2. The summed E-state index contributed by atoms with van der Waals surface area (Å²) in [6.45, 7) is 0.185. The molecule has 2 aromatic rings. The average Bonchev–Trinajstić information content (AvgIpc) is 2.61. The molecule has 0 atom stereocenters. The molecule has 28 heavy (non-hydrogen) atoms. The summed E-state index contributed by atoms with van der Waals surface area (Å²) in [6, 6.07) is 11.0. The van der Waals surface area contributed by atoms with E-state index in [1.807, 2.05) is 0 Å². The number of hydrogen-bond donors (Lipinski definition) is 2. The molecule has 0 bridgehead atoms. The van der Waals surface area contributed by atoms with E-state index in [2.05, 4.69) is 15.0 Å². The van der Waals surface area contributed by atoms with Gasteiger partial charge in [0, 0.05) is 18.3 Å². The summed E-state index contributed by atoms with van der Waals surface area (Å²) in [5.41, 5.74) is 6.85. The van der Waals surface area contributed by atoms with Gasteiger partial charge >= 0.3 is 6.36 Å². The van der Waals surface area contributed by atoms with Gasteiger partial charge in [0.25, 0.3) is 0 Å². The average molecular weight is 511 g/mol. The molecule has 0 fully saturated rings. The van der Waals surface area contributed by atoms with Crippen molar-refractivity contribution in [2.75, 3.05) is 26.1 Å². The zero-order valence-electron chi connectivity index (χ0n) is 15.2. The number of rotatable bonds is 7. The molecule has 0 aromatic heterocycles. The van der Waals surface area contributed by atoms with Crippen molar-refractivity contribution in [3.8, 4) is 17.2 Å². The summed E-state index contributed by atoms with van der Waals surface area (Å²) in [7, 11) is 3.04. The van der Waals surface area contributed by atoms with E-state index in [4.69, 9.17) is 15.2 Å². The molecule has 3 N–H and O–H groups in total. The molecule has 0 amide bonds. The van der Waals surface area contributed by atoms with Crippen LogP contribution in [0.25, 0.3) is 0 Å². The number of alkyl halides is 3. The predicted octanol–water partition coefficient (Wildman–Crippen LogP) is 4.19. The van der Waals surface area contributed by atoms with Crippen molar-refractivity contribution in [1.29, 1.82) is 0 Å². The van der Waals surface area contributed by atoms with Crippen LogP contribution < -0.4 is 25.3 Å². The number of halogens is 4. The lowest BCUT2D eigenvalue weighted by Crippen LogP contribution is -2.23. The van der Waals surface area contributed by atoms with Gasteiger partial charge in [0.2, 0.25) is 0 Å². The number of nitrogens with zero attached hydrogens (tertiary/aromatic N) is 1. The topological polar surface area (TPSA) is 78.1 Å². The fraction of sp³-hybridized carbons (Fsp3) is 0.278. The molecule has 2 aromatic carbocycles. The summed E-state index contributed by atoms with van der Waals surface area (Å²) in [6.07, 6.45) is -4.51. The molecule has 2 rings (SSSR count). The van der Waals surface area contributed by atoms with Crippen molar-refractivity contribution >= 4 is 35.6 Å². The van der Waals surface area contributed by atoms with Crippen LogP contribution in [0, 0.1) is 0 Å². The number of ether oxygens (including phenoxy) is 3. The molecule has 0 aliphatic carbocycles. The maximum Gasteiger partial charge on any atom is 0.573 e. The molecule has 0 aliphatic heterocycles. The van der Waals surface area contributed by atoms with Crippen molar-refractivity contribution in [2.24, 2.45) is 10.7 Å². The second kappa shape index (κ2) is 10.8. The van der Waals surface area contributed by atoms with E-state index in [0.717, 1.165) is 0 Å². The molecule has 154 valence electrons. The summed E-state index contributed by atoms with van der Waals surface area (Å²) < 4.78 is 51.7. The molecule has 10 heteroatoms. The number of hydrogen-bond acceptors (Lipinski definition) is 4. The zero-order chi connectivity index (χ0) is 19.9. The molecule has 0 spiro atoms. The van der Waals surface area contributed by atoms with Crippen LogP contribution >= 0.6 is 24.0 Å². The SMILES string of the molecule is COc1ccc(NC(N)=NCCc2ccccc2OC(F)(F)F)cc1OC.I. The number of anilines is 1. The standard InChI is InChI=1S/C18H20F3N3O3.HI/c1-25-15-8-7-13(11-16(15)26-2)24-17(22)23-10-9-12-5-3-4-6-14(12)27-18(19,20)21;/h3-8,11H,9-10H2,1-2H3,(H3,22,23,24);1H. The lowest BCUT2D eigenvalue weighted by atomic mass is 10.1. The first kappa shape index (κ1) is 23.7. The Morgan fingerprint density at radius 3 is 2.36 bits per heavy atom. The van der Waals surface area contributed by atoms with E-state index < -0.39 is 6.36 Å². The van der Waals surface area contributed by atoms with Crippen LogP contribution in [0.1, 0.15) is 5.56 Å². The van der Waals surface area contributed by atoms with Gasteiger partial charge in [-0.2, -0.15) is 0 Å². The van der Waals surface area contributed by atoms with Crippen LogP contribution in [0.15, 0.2) is 47.5 Å². The van der Waals surface area contributed by atoms with Gasteiger partial charge in [-0.15, -0.1) is 37.1 Å². The molecule has 0 heterocycles. The zero-order valence-corrected chi connectivity index (χ0v) is 17.6. The molecular formula is C18H21F3IN3O3. The molecule has 6 nitrogen and oxygen atoms in total. The maximum atomic E-state index is 12.4. The minimum Gasteiger partial charge on any atom is -0.493 e. The highest BCUT2D eigenvalue weighted by Crippen LogP contribution is 2.29. The van der Waals surface area contributed by atoms with Crippen molar-refractivity contribution in [3.63, 3.8) is 0 Å². The van der Waals surface area contributed by atoms with E-state index in [1.54, 1.807) is 30.3 Å². The highest BCUT2D eigenvalue weighted by atomic mass is 127. The third-order valence-corrected chi connectivity index (χ3v) is 3.52. The Hall–Kier alpha value is -2.37. The Morgan fingerprint density at radius 2 is 1.71 bits per heavy atom. The van der Waals surface area contributed by atoms with Crippen LogP contribution in [-0.4, -0.2) is 33.1 Å². The smallest absolute Gasteiger partial charge is 0.493 e. The van der Waals surface area contributed by atoms with Gasteiger partial charge in [0.1, 0.15) is 5.75 Å². The van der Waals surface area contributed by atoms with Crippen LogP contribution in [-0.2, 0) is 6.42 Å². The largest absolute Gasteiger partial charge is 0.573 e. The molecule has 0 radical (unpaired) electrons. The third kappa shape index (κ3) is 7.33. The first-order valence-corrected chi connectivity index (χ1v) is 7.95. The third-order valence-electron chi connectivity index (χ3n) is 3.52. The Balaban J connectivity index is 0.00000392. The fourth-order valence-corrected chi connectivity index (χ4v) is 2.33. The Bertz CT molecular complexity index is 801. The van der Waals surface area contributed by atoms with Crippen LogP contribution in [0.3, 0.4) is 0 Å². The van der Waals surface area contributed by atoms with Gasteiger partial charge in [0.05, 0.1) is 14.2 Å². The fourth-order valence-electron chi connectivity index (χ4n) is 2.33. The van der Waals surface area contributed by atoms with E-state index in [0.29, 0.717) is 22.7 Å². The summed E-state index contributed by atoms with van der Waals surface area (Å²) in [5, 5.41) is 2.89. The molecular weight excluding hydrogens is 490 g/mol. The highest BCUT2D eigenvalue weighted by Gasteiger charge is 2.31. The van der Waals surface area contributed by atoms with Gasteiger partial charge < -0.3 is 25.3 Å². The van der Waals surface area contributed by atoms with Crippen molar-refractivity contribution in [1.82, 2.24) is 0 Å². The van der Waals surface area contributed by atoms with Gasteiger partial charge in [-0.1, -0.05) is 18.2 Å². The van der Waals surface area contributed by atoms with E-state index in [1.165, 1.54) is 26.4 Å². The summed E-state index contributed by atoms with van der Waals surface area (Å²) in [5.74, 6) is 0.969. The second-order valence-corrected chi connectivity index (χ2v) is 5.37. The predicted molar refractivity (Wildman–Crippen MR) is 112 cm³/mol. The van der Waals surface area contributed by atoms with Crippen molar-refractivity contribution in [2.45, 2.75) is 12.8 Å². The van der Waals surface area contributed by atoms with E-state index in [9.17, 15) is 13.2 Å². The monoisotopic (exact) mass is 511 g/mol. The second-order valence-electron chi connectivity index (χ2n) is 5.37. The number of nitrogens with two attached hydrogens (primary N) is 1. The molecule has 0 aliphatic rings. The lowest BCUT2D eigenvalue weighted by molar-refractivity contribution is -0.274. The lowest BCUT2D eigenvalue weighted by Gasteiger charge is -2.13. The molecule has 0 saturated heterocycles. The number of para-hydroxylation sites is 1. The Morgan fingerprint density at radius 1 is 1.04 bits per heavy atom. The van der Waals surface area contributed by atoms with Crippen LogP contribution in [0.4, 0.5) is 18.9 Å². The maximum absolute atomic E-state index is 12.4. The quantitative estimate of drug-likeness (QED) is 0.331. The normalized spacial score (nSPS) is 11.4. The van der Waals surface area contributed by atoms with E-state index in [-0.39, 0.29) is 48.7 Å². The molecule has 0 unspecified atom stereocenters. The number of benzene rings is 2. The van der Waals surface area contributed by atoms with E-state index >= 15 is 0 Å². The first-order valence-electron chi connectivity index (χ1n) is 7.95. The van der Waals surface area contributed by atoms with Crippen molar-refractivity contribution in [3.05, 3.63) is 48.0 Å².